The van der Waals surface area contributed by atoms with E-state index in [1.165, 1.54) is 0 Å². The summed E-state index contributed by atoms with van der Waals surface area (Å²) in [5.74, 6) is 0. The number of carbonyl (C=O) groups is 1. The first-order chi connectivity index (χ1) is 16.6. The molecule has 0 unspecified atom stereocenters. The van der Waals surface area contributed by atoms with Crippen molar-refractivity contribution in [3.8, 4) is 0 Å². The van der Waals surface area contributed by atoms with Gasteiger partial charge in [0.1, 0.15) is 0 Å². The van der Waals surface area contributed by atoms with E-state index in [2.05, 4.69) is 54.7 Å². The number of nitrogens with zero attached hydrogens (tertiary/aromatic N) is 1. The van der Waals surface area contributed by atoms with Crippen LogP contribution in [0.1, 0.15) is 35.2 Å². The third-order valence-electron chi connectivity index (χ3n) is 5.70. The van der Waals surface area contributed by atoms with Crippen LogP contribution < -0.4 is 5.32 Å². The molecule has 3 heteroatoms. The van der Waals surface area contributed by atoms with Crippen molar-refractivity contribution in [1.82, 2.24) is 4.90 Å². The monoisotopic (exact) mass is 446 g/mol. The molecule has 0 saturated carbocycles. The van der Waals surface area contributed by atoms with E-state index in [9.17, 15) is 4.79 Å². The number of hydrogen-bond donors (Lipinski definition) is 1. The summed E-state index contributed by atoms with van der Waals surface area (Å²) >= 11 is 0. The fourth-order valence-corrected chi connectivity index (χ4v) is 4.17. The molecule has 0 fully saturated rings. The largest absolute Gasteiger partial charge is 0.322 e. The zero-order valence-electron chi connectivity index (χ0n) is 19.7. The minimum absolute atomic E-state index is 0.135. The molecule has 3 nitrogen and oxygen atoms in total. The van der Waals surface area contributed by atoms with Gasteiger partial charge in [0, 0.05) is 12.2 Å². The van der Waals surface area contributed by atoms with Crippen molar-refractivity contribution in [2.24, 2.45) is 0 Å². The van der Waals surface area contributed by atoms with Crippen LogP contribution in [0.2, 0.25) is 0 Å². The van der Waals surface area contributed by atoms with Crippen LogP contribution in [0, 0.1) is 6.92 Å². The van der Waals surface area contributed by atoms with Crippen LogP contribution in [0.3, 0.4) is 0 Å². The summed E-state index contributed by atoms with van der Waals surface area (Å²) in [6.07, 6.45) is 2.14. The maximum atomic E-state index is 13.8. The molecule has 0 atom stereocenters. The number of amides is 2. The zero-order valence-corrected chi connectivity index (χ0v) is 19.7. The van der Waals surface area contributed by atoms with Gasteiger partial charge in [0.2, 0.25) is 0 Å². The van der Waals surface area contributed by atoms with Crippen LogP contribution in [-0.4, -0.2) is 17.5 Å². The van der Waals surface area contributed by atoms with E-state index in [0.717, 1.165) is 33.5 Å². The summed E-state index contributed by atoms with van der Waals surface area (Å²) in [7, 11) is 0. The molecule has 0 aliphatic carbocycles. The number of aryl methyl sites for hydroxylation is 1. The van der Waals surface area contributed by atoms with Gasteiger partial charge in [-0.3, -0.25) is 0 Å². The molecular formula is C31H30N2O. The molecule has 4 aromatic carbocycles. The van der Waals surface area contributed by atoms with Crippen molar-refractivity contribution in [2.75, 3.05) is 11.9 Å². The molecule has 170 valence electrons. The van der Waals surface area contributed by atoms with E-state index in [1.54, 1.807) is 0 Å². The van der Waals surface area contributed by atoms with E-state index < -0.39 is 0 Å². The zero-order chi connectivity index (χ0) is 23.8. The first-order valence-corrected chi connectivity index (χ1v) is 11.6. The van der Waals surface area contributed by atoms with Gasteiger partial charge >= 0.3 is 6.03 Å². The number of anilines is 1. The van der Waals surface area contributed by atoms with Gasteiger partial charge < -0.3 is 10.2 Å². The molecule has 0 aliphatic heterocycles. The highest BCUT2D eigenvalue weighted by Gasteiger charge is 2.27. The fourth-order valence-electron chi connectivity index (χ4n) is 4.17. The Balaban J connectivity index is 1.74. The summed E-state index contributed by atoms with van der Waals surface area (Å²) < 4.78 is 0. The summed E-state index contributed by atoms with van der Waals surface area (Å²) in [5.41, 5.74) is 6.26. The van der Waals surface area contributed by atoms with Crippen LogP contribution in [-0.2, 0) is 0 Å². The van der Waals surface area contributed by atoms with Crippen molar-refractivity contribution in [2.45, 2.75) is 19.9 Å². The number of carbonyl (C=O) groups excluding carboxylic acids is 1. The van der Waals surface area contributed by atoms with Gasteiger partial charge in [-0.1, -0.05) is 115 Å². The van der Waals surface area contributed by atoms with Gasteiger partial charge in [0.05, 0.1) is 6.04 Å². The van der Waals surface area contributed by atoms with E-state index in [0.29, 0.717) is 6.54 Å². The Morgan fingerprint density at radius 1 is 0.794 bits per heavy atom. The average Bonchev–Trinajstić information content (AvgIpc) is 2.85. The topological polar surface area (TPSA) is 32.3 Å². The van der Waals surface area contributed by atoms with Gasteiger partial charge in [-0.15, -0.1) is 0 Å². The summed E-state index contributed by atoms with van der Waals surface area (Å²) in [6.45, 7) is 4.59. The van der Waals surface area contributed by atoms with Gasteiger partial charge in [0.15, 0.2) is 0 Å². The van der Waals surface area contributed by atoms with Crippen molar-refractivity contribution in [3.63, 3.8) is 0 Å². The molecule has 0 aromatic heterocycles. The van der Waals surface area contributed by atoms with E-state index in [4.69, 9.17) is 0 Å². The molecule has 1 N–H and O–H groups in total. The van der Waals surface area contributed by atoms with Crippen LogP contribution in [0.15, 0.2) is 121 Å². The highest BCUT2D eigenvalue weighted by atomic mass is 16.2. The smallest absolute Gasteiger partial charge is 0.309 e. The third-order valence-corrected chi connectivity index (χ3v) is 5.70. The van der Waals surface area contributed by atoms with Crippen LogP contribution in [0.25, 0.3) is 6.08 Å². The van der Waals surface area contributed by atoms with Crippen molar-refractivity contribution < 1.29 is 4.79 Å². The van der Waals surface area contributed by atoms with Crippen molar-refractivity contribution in [3.05, 3.63) is 143 Å². The second-order valence-corrected chi connectivity index (χ2v) is 8.55. The standard InChI is InChI=1S/C31H30N2O/c1-24-13-12-20-29(22-24)32-31(34)33(23-25(2)21-26-14-6-3-7-15-26)30(27-16-8-4-9-17-27)28-18-10-5-11-19-28/h3-22,30H,23H2,1-2H3,(H,32,34)/b25-21+. The number of nitrogens with one attached hydrogen (secondary N) is 1. The lowest BCUT2D eigenvalue weighted by molar-refractivity contribution is 0.203. The molecule has 0 saturated heterocycles. The summed E-state index contributed by atoms with van der Waals surface area (Å²) in [4.78, 5) is 15.7. The molecule has 0 bridgehead atoms. The number of urea groups is 1. The molecule has 4 rings (SSSR count). The Bertz CT molecular complexity index is 1190. The second-order valence-electron chi connectivity index (χ2n) is 8.55. The molecule has 2 amide bonds. The summed E-state index contributed by atoms with van der Waals surface area (Å²) in [5, 5.41) is 3.13. The number of benzene rings is 4. The van der Waals surface area contributed by atoms with Crippen molar-refractivity contribution >= 4 is 17.8 Å². The molecule has 0 heterocycles. The lowest BCUT2D eigenvalue weighted by Gasteiger charge is -2.33. The predicted molar refractivity (Wildman–Crippen MR) is 142 cm³/mol. The third kappa shape index (κ3) is 6.02. The SMILES string of the molecule is C/C(=C\c1ccccc1)CN(C(=O)Nc1cccc(C)c1)C(c1ccccc1)c1ccccc1. The predicted octanol–water partition coefficient (Wildman–Crippen LogP) is 7.72. The Morgan fingerprint density at radius 2 is 1.35 bits per heavy atom. The van der Waals surface area contributed by atoms with Crippen molar-refractivity contribution in [1.29, 1.82) is 0 Å². The molecule has 4 aromatic rings. The van der Waals surface area contributed by atoms with E-state index >= 15 is 0 Å². The Hall–Kier alpha value is -4.11. The van der Waals surface area contributed by atoms with Crippen LogP contribution in [0.5, 0.6) is 0 Å². The molecule has 0 aliphatic rings. The Labute approximate surface area is 202 Å². The van der Waals surface area contributed by atoms with Crippen LogP contribution in [0.4, 0.5) is 10.5 Å². The van der Waals surface area contributed by atoms with E-state index in [-0.39, 0.29) is 12.1 Å². The fraction of sp³-hybridized carbons (Fsp3) is 0.129. The number of rotatable bonds is 7. The minimum Gasteiger partial charge on any atom is -0.309 e. The normalized spacial score (nSPS) is 11.3. The lowest BCUT2D eigenvalue weighted by atomic mass is 9.96. The quantitative estimate of drug-likeness (QED) is 0.310. The highest BCUT2D eigenvalue weighted by molar-refractivity contribution is 5.90. The first kappa shape index (κ1) is 23.1. The van der Waals surface area contributed by atoms with Gasteiger partial charge in [0.25, 0.3) is 0 Å². The number of hydrogen-bond acceptors (Lipinski definition) is 1. The molecule has 0 radical (unpaired) electrons. The van der Waals surface area contributed by atoms with Gasteiger partial charge in [-0.05, 0) is 48.2 Å². The first-order valence-electron chi connectivity index (χ1n) is 11.6. The Kier molecular flexibility index (Phi) is 7.56. The molecular weight excluding hydrogens is 416 g/mol. The molecule has 34 heavy (non-hydrogen) atoms. The average molecular weight is 447 g/mol. The lowest BCUT2D eigenvalue weighted by Crippen LogP contribution is -2.39. The van der Waals surface area contributed by atoms with Crippen LogP contribution >= 0.6 is 0 Å². The maximum absolute atomic E-state index is 13.8. The minimum atomic E-state index is -0.230. The highest BCUT2D eigenvalue weighted by Crippen LogP contribution is 2.30. The second kappa shape index (κ2) is 11.2. The molecule has 0 spiro atoms. The summed E-state index contributed by atoms with van der Waals surface area (Å²) in [6, 6.07) is 38.2. The Morgan fingerprint density at radius 3 is 1.91 bits per heavy atom. The van der Waals surface area contributed by atoms with Gasteiger partial charge in [-0.2, -0.15) is 0 Å². The van der Waals surface area contributed by atoms with Gasteiger partial charge in [-0.25, -0.2) is 4.79 Å². The maximum Gasteiger partial charge on any atom is 0.322 e. The van der Waals surface area contributed by atoms with E-state index in [1.807, 2.05) is 90.7 Å².